The highest BCUT2D eigenvalue weighted by atomic mass is 32.1. The Morgan fingerprint density at radius 3 is 2.00 bits per heavy atom. The Morgan fingerprint density at radius 2 is 1.26 bits per heavy atom. The molecule has 0 amide bonds. The topological polar surface area (TPSA) is 16.1 Å². The van der Waals surface area contributed by atoms with Crippen LogP contribution in [0.3, 0.4) is 0 Å². The second-order valence-electron chi connectivity index (χ2n) is 15.1. The maximum Gasteiger partial charge on any atom is 0.250 e. The summed E-state index contributed by atoms with van der Waals surface area (Å²) in [6.07, 6.45) is 1.89. The molecule has 4 heteroatoms. The van der Waals surface area contributed by atoms with Gasteiger partial charge in [0.15, 0.2) is 0 Å². The number of aromatic nitrogens is 1. The number of anilines is 3. The van der Waals surface area contributed by atoms with Gasteiger partial charge in [0.1, 0.15) is 0 Å². The summed E-state index contributed by atoms with van der Waals surface area (Å²) >= 11 is 1.94. The van der Waals surface area contributed by atoms with E-state index in [1.54, 1.807) is 0 Å². The van der Waals surface area contributed by atoms with E-state index >= 15 is 0 Å². The van der Waals surface area contributed by atoms with E-state index in [0.29, 0.717) is 11.8 Å². The Kier molecular flexibility index (Phi) is 7.52. The van der Waals surface area contributed by atoms with Gasteiger partial charge in [0.05, 0.1) is 5.69 Å². The Morgan fingerprint density at radius 1 is 0.547 bits per heavy atom. The van der Waals surface area contributed by atoms with Crippen LogP contribution >= 0.6 is 11.3 Å². The number of nitrogens with zero attached hydrogens (tertiary/aromatic N) is 2. The summed E-state index contributed by atoms with van der Waals surface area (Å²) in [5.41, 5.74) is 19.0. The molecule has 0 spiro atoms. The average molecular weight is 699 g/mol. The fraction of sp³-hybridized carbons (Fsp3) is 0.122. The molecule has 0 atom stereocenters. The fourth-order valence-corrected chi connectivity index (χ4v) is 9.89. The molecule has 2 aromatic heterocycles. The molecule has 4 heterocycles. The summed E-state index contributed by atoms with van der Waals surface area (Å²) < 4.78 is 1.36. The van der Waals surface area contributed by atoms with Crippen LogP contribution in [0.2, 0.25) is 0 Å². The fourth-order valence-electron chi connectivity index (χ4n) is 8.62. The van der Waals surface area contributed by atoms with Gasteiger partial charge >= 0.3 is 0 Å². The minimum Gasteiger partial charge on any atom is -0.311 e. The van der Waals surface area contributed by atoms with Gasteiger partial charge in [-0.3, -0.25) is 4.98 Å². The van der Waals surface area contributed by atoms with Crippen molar-refractivity contribution < 1.29 is 0 Å². The zero-order valence-corrected chi connectivity index (χ0v) is 31.3. The molecule has 0 saturated carbocycles. The predicted molar refractivity (Wildman–Crippen MR) is 229 cm³/mol. The number of benzene rings is 6. The molecule has 0 radical (unpaired) electrons. The first kappa shape index (κ1) is 32.0. The average Bonchev–Trinajstić information content (AvgIpc) is 3.60. The van der Waals surface area contributed by atoms with Crippen LogP contribution in [0, 0.1) is 0 Å². The van der Waals surface area contributed by atoms with Gasteiger partial charge in [-0.1, -0.05) is 125 Å². The maximum atomic E-state index is 4.84. The van der Waals surface area contributed by atoms with Crippen molar-refractivity contribution in [2.24, 2.45) is 0 Å². The number of fused-ring (bicyclic) bond motifs is 4. The monoisotopic (exact) mass is 698 g/mol. The molecule has 0 bridgehead atoms. The third kappa shape index (κ3) is 5.11. The van der Waals surface area contributed by atoms with Crippen molar-refractivity contribution in [3.8, 4) is 44.0 Å². The van der Waals surface area contributed by atoms with Crippen molar-refractivity contribution in [1.29, 1.82) is 0 Å². The Balaban J connectivity index is 1.33. The molecule has 53 heavy (non-hydrogen) atoms. The van der Waals surface area contributed by atoms with Crippen molar-refractivity contribution in [3.63, 3.8) is 0 Å². The summed E-state index contributed by atoms with van der Waals surface area (Å²) in [7, 11) is 0. The number of hydrogen-bond donors (Lipinski definition) is 0. The third-order valence-corrected chi connectivity index (χ3v) is 12.5. The molecule has 8 aromatic rings. The molecule has 254 valence electrons. The smallest absolute Gasteiger partial charge is 0.250 e. The van der Waals surface area contributed by atoms with Gasteiger partial charge in [0.2, 0.25) is 6.71 Å². The van der Waals surface area contributed by atoms with Gasteiger partial charge < -0.3 is 4.90 Å². The van der Waals surface area contributed by atoms with Crippen LogP contribution in [-0.2, 0) is 0 Å². The van der Waals surface area contributed by atoms with E-state index < -0.39 is 0 Å². The zero-order chi connectivity index (χ0) is 35.8. The molecule has 2 aliphatic rings. The quantitative estimate of drug-likeness (QED) is 0.161. The third-order valence-electron chi connectivity index (χ3n) is 11.3. The van der Waals surface area contributed by atoms with Crippen LogP contribution in [0.4, 0.5) is 17.1 Å². The van der Waals surface area contributed by atoms with E-state index in [2.05, 4.69) is 172 Å². The normalized spacial score (nSPS) is 12.8. The molecule has 0 unspecified atom stereocenters. The van der Waals surface area contributed by atoms with E-state index in [1.165, 1.54) is 81.7 Å². The highest BCUT2D eigenvalue weighted by Gasteiger charge is 2.43. The van der Waals surface area contributed by atoms with Crippen molar-refractivity contribution in [3.05, 3.63) is 163 Å². The summed E-state index contributed by atoms with van der Waals surface area (Å²) in [4.78, 5) is 8.80. The lowest BCUT2D eigenvalue weighted by atomic mass is 9.32. The van der Waals surface area contributed by atoms with Gasteiger partial charge in [0, 0.05) is 38.4 Å². The standard InChI is InChI=1S/C49H39BN2S/c1-30(2)34-21-22-41-43(28-34)52(38-25-36(32-14-7-5-8-15-32)24-37(26-38)42-19-11-12-23-51-42)44-29-35(31(3)4)27-40-39-18-13-20-45-46(39)48(50(41)47(40)44)49(53-45)33-16-9-6-10-17-33/h5-31H,1-4H3. The Labute approximate surface area is 316 Å². The molecule has 2 nitrogen and oxygen atoms in total. The molecule has 0 saturated heterocycles. The first-order valence-electron chi connectivity index (χ1n) is 18.8. The molecule has 0 fully saturated rings. The van der Waals surface area contributed by atoms with Crippen molar-refractivity contribution in [2.45, 2.75) is 39.5 Å². The van der Waals surface area contributed by atoms with Crippen LogP contribution in [0.1, 0.15) is 50.7 Å². The van der Waals surface area contributed by atoms with Crippen LogP contribution < -0.4 is 21.3 Å². The summed E-state index contributed by atoms with van der Waals surface area (Å²) in [5, 5.41) is 1.41. The van der Waals surface area contributed by atoms with E-state index in [4.69, 9.17) is 4.98 Å². The van der Waals surface area contributed by atoms with Crippen LogP contribution in [0.15, 0.2) is 152 Å². The predicted octanol–water partition coefficient (Wildman–Crippen LogP) is 11.8. The van der Waals surface area contributed by atoms with Gasteiger partial charge in [-0.05, 0) is 121 Å². The Hall–Kier alpha value is -5.71. The maximum absolute atomic E-state index is 4.84. The van der Waals surface area contributed by atoms with Crippen LogP contribution in [0.25, 0.3) is 54.0 Å². The van der Waals surface area contributed by atoms with Crippen molar-refractivity contribution in [1.82, 2.24) is 4.98 Å². The number of rotatable bonds is 6. The lowest BCUT2D eigenvalue weighted by molar-refractivity contribution is 0.865. The number of thiophene rings is 1. The second kappa shape index (κ2) is 12.5. The van der Waals surface area contributed by atoms with Gasteiger partial charge in [-0.2, -0.15) is 0 Å². The minimum atomic E-state index is 0.0973. The molecule has 6 aromatic carbocycles. The van der Waals surface area contributed by atoms with E-state index in [9.17, 15) is 0 Å². The second-order valence-corrected chi connectivity index (χ2v) is 16.2. The van der Waals surface area contributed by atoms with Crippen LogP contribution in [0.5, 0.6) is 0 Å². The van der Waals surface area contributed by atoms with E-state index in [0.717, 1.165) is 16.9 Å². The number of hydrogen-bond acceptors (Lipinski definition) is 3. The lowest BCUT2D eigenvalue weighted by Crippen LogP contribution is -2.59. The molecular weight excluding hydrogens is 659 g/mol. The summed E-state index contributed by atoms with van der Waals surface area (Å²) in [6.45, 7) is 9.36. The van der Waals surface area contributed by atoms with Crippen LogP contribution in [-0.4, -0.2) is 11.7 Å². The Bertz CT molecular complexity index is 2620. The molecule has 2 aliphatic heterocycles. The summed E-state index contributed by atoms with van der Waals surface area (Å²) in [6, 6.07) is 54.3. The van der Waals surface area contributed by atoms with Crippen molar-refractivity contribution in [2.75, 3.05) is 4.90 Å². The SMILES string of the molecule is CC(C)c1ccc2c(c1)N(c1cc(-c3ccccc3)cc(-c3ccccn3)c1)c1cc(C(C)C)cc3c1B2c1c(-c2ccccc2)sc2cccc-3c12. The van der Waals surface area contributed by atoms with Gasteiger partial charge in [-0.25, -0.2) is 0 Å². The highest BCUT2D eigenvalue weighted by molar-refractivity contribution is 7.26. The number of pyridine rings is 1. The zero-order valence-electron chi connectivity index (χ0n) is 30.5. The van der Waals surface area contributed by atoms with Gasteiger partial charge in [0.25, 0.3) is 0 Å². The van der Waals surface area contributed by atoms with Gasteiger partial charge in [-0.15, -0.1) is 11.3 Å². The first-order valence-corrected chi connectivity index (χ1v) is 19.6. The molecular formula is C49H39BN2S. The largest absolute Gasteiger partial charge is 0.311 e. The highest BCUT2D eigenvalue weighted by Crippen LogP contribution is 2.47. The molecule has 0 aliphatic carbocycles. The lowest BCUT2D eigenvalue weighted by Gasteiger charge is -2.41. The van der Waals surface area contributed by atoms with Crippen molar-refractivity contribution >= 4 is 61.6 Å². The van der Waals surface area contributed by atoms with E-state index in [-0.39, 0.29) is 6.71 Å². The summed E-state index contributed by atoms with van der Waals surface area (Å²) in [5.74, 6) is 0.753. The first-order chi connectivity index (χ1) is 25.9. The molecule has 0 N–H and O–H groups in total. The minimum absolute atomic E-state index is 0.0973. The van der Waals surface area contributed by atoms with E-state index in [1.807, 2.05) is 23.6 Å². The molecule has 10 rings (SSSR count).